The van der Waals surface area contributed by atoms with E-state index in [2.05, 4.69) is 24.3 Å². The molecule has 1 heterocycles. The van der Waals surface area contributed by atoms with E-state index in [4.69, 9.17) is 0 Å². The first-order chi connectivity index (χ1) is 13.7. The van der Waals surface area contributed by atoms with Crippen LogP contribution in [0.1, 0.15) is 41.7 Å². The molecule has 3 aromatic carbocycles. The molecule has 0 bridgehead atoms. The van der Waals surface area contributed by atoms with Crippen molar-refractivity contribution in [2.45, 2.75) is 31.5 Å². The highest BCUT2D eigenvalue weighted by Crippen LogP contribution is 2.44. The van der Waals surface area contributed by atoms with Crippen molar-refractivity contribution in [1.29, 1.82) is 0 Å². The summed E-state index contributed by atoms with van der Waals surface area (Å²) in [5.41, 5.74) is 3.21. The van der Waals surface area contributed by atoms with Crippen LogP contribution in [0.5, 0.6) is 0 Å². The van der Waals surface area contributed by atoms with Crippen LogP contribution in [-0.2, 0) is 11.3 Å². The molecule has 3 heteroatoms. The molecule has 3 nitrogen and oxygen atoms in total. The summed E-state index contributed by atoms with van der Waals surface area (Å²) < 4.78 is 0. The standard InChI is InChI=1S/C25H25NO2/c27-23(20-12-6-2-7-13-20)17-16-22-24(21-14-8-3-9-15-21)26(25(22)28)18-19-10-4-1-5-11-19/h1-15,22-24,27H,16-18H2/t22-,23+,24-/m1/s1. The summed E-state index contributed by atoms with van der Waals surface area (Å²) in [6.07, 6.45) is 0.733. The Morgan fingerprint density at radius 1 is 0.821 bits per heavy atom. The Morgan fingerprint density at radius 3 is 2.04 bits per heavy atom. The highest BCUT2D eigenvalue weighted by Gasteiger charge is 2.47. The van der Waals surface area contributed by atoms with Crippen molar-refractivity contribution >= 4 is 5.91 Å². The highest BCUT2D eigenvalue weighted by molar-refractivity contribution is 5.86. The Bertz CT molecular complexity index is 896. The first-order valence-electron chi connectivity index (χ1n) is 9.86. The number of aliphatic hydroxyl groups is 1. The molecule has 0 unspecified atom stereocenters. The smallest absolute Gasteiger partial charge is 0.228 e. The molecule has 0 aliphatic carbocycles. The largest absolute Gasteiger partial charge is 0.388 e. The molecule has 1 N–H and O–H groups in total. The summed E-state index contributed by atoms with van der Waals surface area (Å²) in [5.74, 6) is 0.0995. The van der Waals surface area contributed by atoms with Gasteiger partial charge in [0.05, 0.1) is 18.1 Å². The summed E-state index contributed by atoms with van der Waals surface area (Å²) in [7, 11) is 0. The predicted molar refractivity (Wildman–Crippen MR) is 110 cm³/mol. The van der Waals surface area contributed by atoms with Gasteiger partial charge in [0.25, 0.3) is 0 Å². The Morgan fingerprint density at radius 2 is 1.39 bits per heavy atom. The van der Waals surface area contributed by atoms with Crippen LogP contribution in [0.4, 0.5) is 0 Å². The molecule has 1 saturated heterocycles. The summed E-state index contributed by atoms with van der Waals surface area (Å²) in [6.45, 7) is 0.622. The van der Waals surface area contributed by atoms with Gasteiger partial charge in [-0.05, 0) is 29.5 Å². The summed E-state index contributed by atoms with van der Waals surface area (Å²) in [6, 6.07) is 30.1. The quantitative estimate of drug-likeness (QED) is 0.600. The van der Waals surface area contributed by atoms with Crippen LogP contribution in [0.15, 0.2) is 91.0 Å². The van der Waals surface area contributed by atoms with E-state index in [-0.39, 0.29) is 17.9 Å². The summed E-state index contributed by atoms with van der Waals surface area (Å²) >= 11 is 0. The molecule has 3 aromatic rings. The number of carbonyl (C=O) groups excluding carboxylic acids is 1. The van der Waals surface area contributed by atoms with Crippen molar-refractivity contribution in [2.24, 2.45) is 5.92 Å². The first kappa shape index (κ1) is 18.5. The third-order valence-corrected chi connectivity index (χ3v) is 5.59. The van der Waals surface area contributed by atoms with E-state index in [9.17, 15) is 9.90 Å². The van der Waals surface area contributed by atoms with Crippen LogP contribution in [0.25, 0.3) is 0 Å². The van der Waals surface area contributed by atoms with Gasteiger partial charge in [0.2, 0.25) is 5.91 Å². The van der Waals surface area contributed by atoms with Gasteiger partial charge in [0.1, 0.15) is 0 Å². The van der Waals surface area contributed by atoms with Crippen LogP contribution >= 0.6 is 0 Å². The van der Waals surface area contributed by atoms with E-state index in [0.29, 0.717) is 19.4 Å². The molecule has 0 spiro atoms. The number of benzene rings is 3. The molecule has 1 aliphatic rings. The number of hydrogen-bond donors (Lipinski definition) is 1. The maximum absolute atomic E-state index is 12.9. The fraction of sp³-hybridized carbons (Fsp3) is 0.240. The molecule has 0 saturated carbocycles. The van der Waals surface area contributed by atoms with E-state index in [1.165, 1.54) is 0 Å². The Hall–Kier alpha value is -2.91. The second-order valence-corrected chi connectivity index (χ2v) is 7.42. The van der Waals surface area contributed by atoms with Gasteiger partial charge in [0, 0.05) is 6.54 Å². The lowest BCUT2D eigenvalue weighted by atomic mass is 9.78. The molecular weight excluding hydrogens is 346 g/mol. The summed E-state index contributed by atoms with van der Waals surface area (Å²) in [4.78, 5) is 14.9. The maximum atomic E-state index is 12.9. The molecule has 142 valence electrons. The number of likely N-dealkylation sites (tertiary alicyclic amines) is 1. The molecule has 0 aromatic heterocycles. The number of β-lactam (4-membered cyclic amide) rings is 1. The third-order valence-electron chi connectivity index (χ3n) is 5.59. The number of amides is 1. The molecule has 1 fully saturated rings. The molecule has 1 amide bonds. The maximum Gasteiger partial charge on any atom is 0.228 e. The lowest BCUT2D eigenvalue weighted by Crippen LogP contribution is -2.54. The number of aliphatic hydroxyl groups excluding tert-OH is 1. The first-order valence-corrected chi connectivity index (χ1v) is 9.86. The van der Waals surface area contributed by atoms with Crippen LogP contribution < -0.4 is 0 Å². The van der Waals surface area contributed by atoms with Crippen molar-refractivity contribution in [3.63, 3.8) is 0 Å². The Labute approximate surface area is 166 Å². The fourth-order valence-electron chi connectivity index (χ4n) is 4.10. The van der Waals surface area contributed by atoms with E-state index in [0.717, 1.165) is 16.7 Å². The van der Waals surface area contributed by atoms with Gasteiger partial charge < -0.3 is 10.0 Å². The average Bonchev–Trinajstić information content (AvgIpc) is 2.76. The minimum absolute atomic E-state index is 0.0666. The van der Waals surface area contributed by atoms with Gasteiger partial charge in [-0.15, -0.1) is 0 Å². The fourth-order valence-corrected chi connectivity index (χ4v) is 4.10. The lowest BCUT2D eigenvalue weighted by molar-refractivity contribution is -0.159. The van der Waals surface area contributed by atoms with Gasteiger partial charge >= 0.3 is 0 Å². The Balaban J connectivity index is 1.49. The van der Waals surface area contributed by atoms with Crippen LogP contribution in [0.2, 0.25) is 0 Å². The van der Waals surface area contributed by atoms with Gasteiger partial charge in [-0.25, -0.2) is 0 Å². The number of carbonyl (C=O) groups is 1. The van der Waals surface area contributed by atoms with Gasteiger partial charge in [-0.1, -0.05) is 91.0 Å². The monoisotopic (exact) mass is 371 g/mol. The van der Waals surface area contributed by atoms with Gasteiger partial charge in [-0.3, -0.25) is 4.79 Å². The molecule has 4 rings (SSSR count). The van der Waals surface area contributed by atoms with Gasteiger partial charge in [-0.2, -0.15) is 0 Å². The van der Waals surface area contributed by atoms with Crippen LogP contribution in [-0.4, -0.2) is 15.9 Å². The number of hydrogen-bond acceptors (Lipinski definition) is 2. The lowest BCUT2D eigenvalue weighted by Gasteiger charge is -2.48. The normalized spacial score (nSPS) is 19.9. The Kier molecular flexibility index (Phi) is 5.54. The van der Waals surface area contributed by atoms with Crippen molar-refractivity contribution in [2.75, 3.05) is 0 Å². The van der Waals surface area contributed by atoms with Crippen LogP contribution in [0.3, 0.4) is 0 Å². The predicted octanol–water partition coefficient (Wildman–Crippen LogP) is 4.90. The number of nitrogens with zero attached hydrogens (tertiary/aromatic N) is 1. The van der Waals surface area contributed by atoms with Crippen molar-refractivity contribution in [3.05, 3.63) is 108 Å². The molecule has 0 radical (unpaired) electrons. The molecule has 28 heavy (non-hydrogen) atoms. The van der Waals surface area contributed by atoms with Crippen molar-refractivity contribution in [3.8, 4) is 0 Å². The van der Waals surface area contributed by atoms with E-state index in [1.54, 1.807) is 0 Å². The minimum Gasteiger partial charge on any atom is -0.388 e. The van der Waals surface area contributed by atoms with Crippen molar-refractivity contribution < 1.29 is 9.90 Å². The second kappa shape index (κ2) is 8.41. The van der Waals surface area contributed by atoms with Crippen LogP contribution in [0, 0.1) is 5.92 Å². The zero-order valence-electron chi connectivity index (χ0n) is 15.8. The SMILES string of the molecule is O=C1[C@H](CC[C@H](O)c2ccccc2)[C@@H](c2ccccc2)N1Cc1ccccc1. The molecule has 1 aliphatic heterocycles. The zero-order chi connectivity index (χ0) is 19.3. The van der Waals surface area contributed by atoms with Crippen molar-refractivity contribution in [1.82, 2.24) is 4.90 Å². The minimum atomic E-state index is -0.534. The van der Waals surface area contributed by atoms with E-state index >= 15 is 0 Å². The number of rotatable bonds is 7. The molecule has 3 atom stereocenters. The van der Waals surface area contributed by atoms with E-state index < -0.39 is 6.10 Å². The molecular formula is C25H25NO2. The zero-order valence-corrected chi connectivity index (χ0v) is 15.8. The third kappa shape index (κ3) is 3.85. The average molecular weight is 371 g/mol. The highest BCUT2D eigenvalue weighted by atomic mass is 16.3. The van der Waals surface area contributed by atoms with Gasteiger partial charge in [0.15, 0.2) is 0 Å². The topological polar surface area (TPSA) is 40.5 Å². The van der Waals surface area contributed by atoms with E-state index in [1.807, 2.05) is 71.6 Å². The second-order valence-electron chi connectivity index (χ2n) is 7.42. The summed E-state index contributed by atoms with van der Waals surface area (Å²) in [5, 5.41) is 10.5.